The Labute approximate surface area is 212 Å². The monoisotopic (exact) mass is 492 g/mol. The number of nitrogens with one attached hydrogen (secondary N) is 2. The van der Waals surface area contributed by atoms with E-state index in [-0.39, 0.29) is 18.7 Å². The molecule has 8 heteroatoms. The first-order valence-corrected chi connectivity index (χ1v) is 12.5. The fraction of sp³-hybridized carbons (Fsp3) is 0.429. The van der Waals surface area contributed by atoms with Gasteiger partial charge >= 0.3 is 5.97 Å². The summed E-state index contributed by atoms with van der Waals surface area (Å²) in [5.41, 5.74) is 2.21. The maximum atomic E-state index is 12.9. The molecule has 3 rings (SSSR count). The Kier molecular flexibility index (Phi) is 10.2. The lowest BCUT2D eigenvalue weighted by Crippen LogP contribution is -2.44. The van der Waals surface area contributed by atoms with Gasteiger partial charge in [-0.25, -0.2) is 0 Å². The minimum Gasteiger partial charge on any atom is -0.465 e. The molecule has 0 aliphatic heterocycles. The molecule has 1 amide bonds. The fourth-order valence-corrected chi connectivity index (χ4v) is 4.12. The van der Waals surface area contributed by atoms with Crippen LogP contribution in [0, 0.1) is 5.41 Å². The van der Waals surface area contributed by atoms with Crippen molar-refractivity contribution < 1.29 is 19.4 Å². The van der Waals surface area contributed by atoms with Crippen LogP contribution in [0.4, 0.5) is 0 Å². The number of H-pyrrole nitrogens is 1. The maximum Gasteiger partial charge on any atom is 0.314 e. The Balaban J connectivity index is 1.72. The van der Waals surface area contributed by atoms with Crippen molar-refractivity contribution in [2.75, 3.05) is 13.2 Å². The molecule has 1 heterocycles. The van der Waals surface area contributed by atoms with Crippen LogP contribution >= 0.6 is 0 Å². The molecule has 2 aromatic carbocycles. The molecule has 3 N–H and O–H groups in total. The molecule has 0 saturated heterocycles. The predicted molar refractivity (Wildman–Crippen MR) is 138 cm³/mol. The summed E-state index contributed by atoms with van der Waals surface area (Å²) in [6.07, 6.45) is 6.00. The van der Waals surface area contributed by atoms with Crippen molar-refractivity contribution >= 4 is 11.9 Å². The number of aromatic nitrogens is 3. The van der Waals surface area contributed by atoms with Crippen LogP contribution < -0.4 is 5.32 Å². The molecule has 3 aromatic rings. The highest BCUT2D eigenvalue weighted by molar-refractivity contribution is 5.92. The lowest BCUT2D eigenvalue weighted by atomic mass is 9.82. The Morgan fingerprint density at radius 3 is 2.42 bits per heavy atom. The number of aromatic amines is 1. The van der Waals surface area contributed by atoms with Gasteiger partial charge in [-0.3, -0.25) is 9.59 Å². The van der Waals surface area contributed by atoms with Crippen LogP contribution in [0.5, 0.6) is 0 Å². The Morgan fingerprint density at radius 1 is 1.06 bits per heavy atom. The highest BCUT2D eigenvalue weighted by atomic mass is 16.5. The number of benzene rings is 2. The third-order valence-electron chi connectivity index (χ3n) is 6.30. The van der Waals surface area contributed by atoms with Gasteiger partial charge in [0.25, 0.3) is 5.91 Å². The number of aliphatic hydroxyl groups is 1. The van der Waals surface area contributed by atoms with Gasteiger partial charge in [-0.15, -0.1) is 0 Å². The number of amides is 1. The summed E-state index contributed by atoms with van der Waals surface area (Å²) in [6.45, 7) is 3.74. The van der Waals surface area contributed by atoms with Crippen molar-refractivity contribution in [2.45, 2.75) is 58.4 Å². The van der Waals surface area contributed by atoms with E-state index in [0.717, 1.165) is 42.4 Å². The van der Waals surface area contributed by atoms with Gasteiger partial charge in [0.15, 0.2) is 5.69 Å². The van der Waals surface area contributed by atoms with Gasteiger partial charge in [0, 0.05) is 6.04 Å². The number of carbonyl (C=O) groups excluding carboxylic acids is 2. The minimum absolute atomic E-state index is 0.156. The number of hydrogen-bond acceptors (Lipinski definition) is 6. The fourth-order valence-electron chi connectivity index (χ4n) is 4.12. The standard InChI is InChI=1S/C28H36N4O4/c1-3-4-5-9-16-36-27(35)28(2,20-33)18-24(30-26(34)25-19-29-32-31-25)17-21-12-14-23(15-13-21)22-10-7-6-8-11-22/h6-8,10-15,19,24,33H,3-5,9,16-18,20H2,1-2H3,(H,30,34)(H,29,31,32)/t24-,28+/m1/s1. The minimum atomic E-state index is -1.16. The van der Waals surface area contributed by atoms with Crippen molar-refractivity contribution in [1.29, 1.82) is 0 Å². The molecular weight excluding hydrogens is 456 g/mol. The summed E-state index contributed by atoms with van der Waals surface area (Å²) in [6, 6.07) is 17.7. The third kappa shape index (κ3) is 7.75. The van der Waals surface area contributed by atoms with Crippen LogP contribution in [-0.4, -0.2) is 51.6 Å². The molecule has 2 atom stereocenters. The quantitative estimate of drug-likeness (QED) is 0.228. The smallest absolute Gasteiger partial charge is 0.314 e. The van der Waals surface area contributed by atoms with Crippen molar-refractivity contribution in [3.63, 3.8) is 0 Å². The van der Waals surface area contributed by atoms with E-state index in [2.05, 4.69) is 39.8 Å². The first kappa shape index (κ1) is 27.1. The second-order valence-electron chi connectivity index (χ2n) is 9.41. The van der Waals surface area contributed by atoms with E-state index in [9.17, 15) is 14.7 Å². The van der Waals surface area contributed by atoms with Gasteiger partial charge in [-0.05, 0) is 42.9 Å². The van der Waals surface area contributed by atoms with Crippen LogP contribution in [0.25, 0.3) is 11.1 Å². The largest absolute Gasteiger partial charge is 0.465 e. The predicted octanol–water partition coefficient (Wildman–Crippen LogP) is 4.33. The number of aliphatic hydroxyl groups excluding tert-OH is 1. The van der Waals surface area contributed by atoms with E-state index < -0.39 is 23.3 Å². The number of unbranched alkanes of at least 4 members (excludes halogenated alkanes) is 3. The average molecular weight is 493 g/mol. The molecule has 0 fully saturated rings. The summed E-state index contributed by atoms with van der Waals surface area (Å²) >= 11 is 0. The normalized spacial score (nSPS) is 13.5. The zero-order chi connectivity index (χ0) is 25.8. The lowest BCUT2D eigenvalue weighted by Gasteiger charge is -2.30. The second kappa shape index (κ2) is 13.5. The zero-order valence-electron chi connectivity index (χ0n) is 21.1. The lowest BCUT2D eigenvalue weighted by molar-refractivity contribution is -0.158. The van der Waals surface area contributed by atoms with Crippen LogP contribution in [0.1, 0.15) is 62.0 Å². The summed E-state index contributed by atoms with van der Waals surface area (Å²) in [4.78, 5) is 25.7. The number of ether oxygens (including phenoxy) is 1. The Morgan fingerprint density at radius 2 is 1.78 bits per heavy atom. The summed E-state index contributed by atoms with van der Waals surface area (Å²) in [5.74, 6) is -0.857. The van der Waals surface area contributed by atoms with E-state index in [4.69, 9.17) is 4.74 Å². The molecule has 0 unspecified atom stereocenters. The second-order valence-corrected chi connectivity index (χ2v) is 9.41. The molecular formula is C28H36N4O4. The number of rotatable bonds is 14. The summed E-state index contributed by atoms with van der Waals surface area (Å²) in [5, 5.41) is 23.1. The molecule has 0 radical (unpaired) electrons. The molecule has 8 nitrogen and oxygen atoms in total. The van der Waals surface area contributed by atoms with Gasteiger partial charge in [0.2, 0.25) is 0 Å². The van der Waals surface area contributed by atoms with Gasteiger partial charge < -0.3 is 15.2 Å². The average Bonchev–Trinajstić information content (AvgIpc) is 3.45. The van der Waals surface area contributed by atoms with Crippen molar-refractivity contribution in [1.82, 2.24) is 20.7 Å². The number of carbonyl (C=O) groups is 2. The zero-order valence-corrected chi connectivity index (χ0v) is 21.1. The molecule has 0 aliphatic carbocycles. The Hall–Kier alpha value is -3.52. The third-order valence-corrected chi connectivity index (χ3v) is 6.30. The van der Waals surface area contributed by atoms with Crippen LogP contribution in [0.3, 0.4) is 0 Å². The van der Waals surface area contributed by atoms with E-state index in [1.54, 1.807) is 6.92 Å². The van der Waals surface area contributed by atoms with E-state index in [1.165, 1.54) is 6.20 Å². The molecule has 0 saturated carbocycles. The van der Waals surface area contributed by atoms with Crippen LogP contribution in [-0.2, 0) is 16.0 Å². The summed E-state index contributed by atoms with van der Waals surface area (Å²) in [7, 11) is 0. The molecule has 36 heavy (non-hydrogen) atoms. The van der Waals surface area contributed by atoms with Gasteiger partial charge in [0.1, 0.15) is 0 Å². The molecule has 192 valence electrons. The topological polar surface area (TPSA) is 117 Å². The molecule has 0 aliphatic rings. The molecule has 0 bridgehead atoms. The van der Waals surface area contributed by atoms with E-state index in [0.29, 0.717) is 13.0 Å². The molecule has 0 spiro atoms. The highest BCUT2D eigenvalue weighted by Gasteiger charge is 2.37. The van der Waals surface area contributed by atoms with E-state index >= 15 is 0 Å². The first-order chi connectivity index (χ1) is 17.4. The van der Waals surface area contributed by atoms with Crippen molar-refractivity contribution in [3.05, 3.63) is 72.1 Å². The van der Waals surface area contributed by atoms with Crippen molar-refractivity contribution in [2.24, 2.45) is 5.41 Å². The van der Waals surface area contributed by atoms with Crippen LogP contribution in [0.2, 0.25) is 0 Å². The Bertz CT molecular complexity index is 1070. The SMILES string of the molecule is CCCCCCOC(=O)[C@](C)(CO)C[C@@H](Cc1ccc(-c2ccccc2)cc1)NC(=O)c1cn[nH]n1. The summed E-state index contributed by atoms with van der Waals surface area (Å²) < 4.78 is 5.50. The van der Waals surface area contributed by atoms with Gasteiger partial charge in [0.05, 0.1) is 24.8 Å². The highest BCUT2D eigenvalue weighted by Crippen LogP contribution is 2.27. The van der Waals surface area contributed by atoms with Gasteiger partial charge in [-0.2, -0.15) is 15.4 Å². The number of hydrogen-bond donors (Lipinski definition) is 3. The van der Waals surface area contributed by atoms with Crippen LogP contribution in [0.15, 0.2) is 60.8 Å². The maximum absolute atomic E-state index is 12.9. The number of nitrogens with zero attached hydrogens (tertiary/aromatic N) is 2. The van der Waals surface area contributed by atoms with Gasteiger partial charge in [-0.1, -0.05) is 80.8 Å². The van der Waals surface area contributed by atoms with Crippen molar-refractivity contribution in [3.8, 4) is 11.1 Å². The molecule has 1 aromatic heterocycles. The first-order valence-electron chi connectivity index (χ1n) is 12.5. The number of esters is 1. The van der Waals surface area contributed by atoms with E-state index in [1.807, 2.05) is 42.5 Å².